The van der Waals surface area contributed by atoms with E-state index in [-0.39, 0.29) is 17.5 Å². The minimum absolute atomic E-state index is 0.0289. The molecule has 2 rings (SSSR count). The molecule has 0 aromatic heterocycles. The average Bonchev–Trinajstić information content (AvgIpc) is 2.60. The number of amides is 1. The van der Waals surface area contributed by atoms with E-state index in [1.165, 1.54) is 25.1 Å². The maximum atomic E-state index is 12.7. The van der Waals surface area contributed by atoms with E-state index in [1.807, 2.05) is 13.8 Å². The van der Waals surface area contributed by atoms with Gasteiger partial charge < -0.3 is 10.1 Å². The monoisotopic (exact) mass is 421 g/mol. The number of carbonyl (C=O) groups is 1. The summed E-state index contributed by atoms with van der Waals surface area (Å²) in [6.45, 7) is 5.15. The Morgan fingerprint density at radius 1 is 1.14 bits per heavy atom. The van der Waals surface area contributed by atoms with Gasteiger partial charge >= 0.3 is 0 Å². The Morgan fingerprint density at radius 2 is 1.79 bits per heavy atom. The first-order valence-electron chi connectivity index (χ1n) is 8.80. The van der Waals surface area contributed by atoms with E-state index in [4.69, 9.17) is 4.74 Å². The van der Waals surface area contributed by atoms with Crippen LogP contribution in [0.1, 0.15) is 20.8 Å². The van der Waals surface area contributed by atoms with Gasteiger partial charge in [-0.1, -0.05) is 12.1 Å². The van der Waals surface area contributed by atoms with Crippen molar-refractivity contribution in [2.45, 2.75) is 32.9 Å². The number of carbonyl (C=O) groups excluding carboxylic acids is 1. The molecule has 0 heterocycles. The second-order valence-corrected chi connectivity index (χ2v) is 8.55. The molecule has 10 heteroatoms. The van der Waals surface area contributed by atoms with Crippen LogP contribution in [0.4, 0.5) is 17.1 Å². The Morgan fingerprint density at radius 3 is 2.38 bits per heavy atom. The summed E-state index contributed by atoms with van der Waals surface area (Å²) in [6, 6.07) is 10.7. The van der Waals surface area contributed by atoms with Gasteiger partial charge in [0.05, 0.1) is 23.0 Å². The second kappa shape index (κ2) is 8.91. The number of nitrogens with zero attached hydrogens (tertiary/aromatic N) is 2. The highest BCUT2D eigenvalue weighted by Gasteiger charge is 2.30. The first kappa shape index (κ1) is 22.2. The fourth-order valence-electron chi connectivity index (χ4n) is 2.72. The molecule has 1 unspecified atom stereocenters. The molecule has 0 aliphatic heterocycles. The van der Waals surface area contributed by atoms with Crippen LogP contribution in [0.2, 0.25) is 0 Å². The normalized spacial score (nSPS) is 12.3. The van der Waals surface area contributed by atoms with Crippen molar-refractivity contribution in [2.24, 2.45) is 0 Å². The van der Waals surface area contributed by atoms with Crippen molar-refractivity contribution in [2.75, 3.05) is 15.9 Å². The standard InChI is InChI=1S/C19H23N3O6S/c1-13(2)28-18-10-5-7-15(11-18)20-19(23)14(3)21(29(4,26)27)16-8-6-9-17(12-16)22(24)25/h5-14H,1-4H3,(H,20,23). The molecule has 0 radical (unpaired) electrons. The van der Waals surface area contributed by atoms with Gasteiger partial charge in [-0.3, -0.25) is 19.2 Å². The number of sulfonamides is 1. The SMILES string of the molecule is CC(C)Oc1cccc(NC(=O)C(C)N(c2cccc([N+](=O)[O-])c2)S(C)(=O)=O)c1. The number of ether oxygens (including phenoxy) is 1. The Balaban J connectivity index is 2.30. The molecule has 0 fully saturated rings. The molecule has 0 spiro atoms. The summed E-state index contributed by atoms with van der Waals surface area (Å²) < 4.78 is 31.1. The number of non-ortho nitro benzene ring substituents is 1. The lowest BCUT2D eigenvalue weighted by Gasteiger charge is -2.28. The molecule has 2 aromatic rings. The van der Waals surface area contributed by atoms with Gasteiger partial charge in [-0.25, -0.2) is 8.42 Å². The predicted molar refractivity (Wildman–Crippen MR) is 111 cm³/mol. The van der Waals surface area contributed by atoms with Crippen molar-refractivity contribution in [1.82, 2.24) is 0 Å². The average molecular weight is 421 g/mol. The zero-order chi connectivity index (χ0) is 21.8. The molecule has 9 nitrogen and oxygen atoms in total. The minimum atomic E-state index is -3.90. The van der Waals surface area contributed by atoms with Gasteiger partial charge in [0, 0.05) is 23.9 Å². The lowest BCUT2D eigenvalue weighted by Crippen LogP contribution is -2.45. The van der Waals surface area contributed by atoms with E-state index in [1.54, 1.807) is 24.3 Å². The fraction of sp³-hybridized carbons (Fsp3) is 0.316. The Kier molecular flexibility index (Phi) is 6.80. The van der Waals surface area contributed by atoms with Gasteiger partial charge in [0.1, 0.15) is 11.8 Å². The third-order valence-corrected chi connectivity index (χ3v) is 5.10. The van der Waals surface area contributed by atoms with Crippen LogP contribution in [-0.4, -0.2) is 37.6 Å². The number of nitro groups is 1. The third kappa shape index (κ3) is 5.92. The van der Waals surface area contributed by atoms with Gasteiger partial charge in [0.25, 0.3) is 5.69 Å². The van der Waals surface area contributed by atoms with Crippen molar-refractivity contribution in [3.8, 4) is 5.75 Å². The molecule has 1 N–H and O–H groups in total. The van der Waals surface area contributed by atoms with E-state index in [9.17, 15) is 23.3 Å². The Bertz CT molecular complexity index is 1010. The fourth-order valence-corrected chi connectivity index (χ4v) is 3.89. The van der Waals surface area contributed by atoms with E-state index in [2.05, 4.69) is 5.32 Å². The Labute approximate surface area is 169 Å². The number of hydrogen-bond acceptors (Lipinski definition) is 6. The lowest BCUT2D eigenvalue weighted by molar-refractivity contribution is -0.384. The third-order valence-electron chi connectivity index (χ3n) is 3.86. The van der Waals surface area contributed by atoms with Crippen LogP contribution in [0.3, 0.4) is 0 Å². The topological polar surface area (TPSA) is 119 Å². The van der Waals surface area contributed by atoms with Gasteiger partial charge in [-0.15, -0.1) is 0 Å². The maximum Gasteiger partial charge on any atom is 0.271 e. The summed E-state index contributed by atoms with van der Waals surface area (Å²) in [7, 11) is -3.90. The Hall–Kier alpha value is -3.14. The van der Waals surface area contributed by atoms with Crippen molar-refractivity contribution >= 4 is 33.0 Å². The van der Waals surface area contributed by atoms with E-state index >= 15 is 0 Å². The van der Waals surface area contributed by atoms with Gasteiger partial charge in [-0.05, 0) is 39.0 Å². The van der Waals surface area contributed by atoms with Crippen LogP contribution < -0.4 is 14.4 Å². The molecule has 1 atom stereocenters. The molecule has 0 saturated carbocycles. The predicted octanol–water partition coefficient (Wildman–Crippen LogP) is 3.18. The van der Waals surface area contributed by atoms with Crippen LogP contribution in [0.15, 0.2) is 48.5 Å². The highest BCUT2D eigenvalue weighted by molar-refractivity contribution is 7.92. The molecule has 0 aliphatic rings. The highest BCUT2D eigenvalue weighted by atomic mass is 32.2. The number of hydrogen-bond donors (Lipinski definition) is 1. The maximum absolute atomic E-state index is 12.7. The number of anilines is 2. The van der Waals surface area contributed by atoms with Crippen LogP contribution in [0, 0.1) is 10.1 Å². The molecule has 2 aromatic carbocycles. The molecule has 156 valence electrons. The summed E-state index contributed by atoms with van der Waals surface area (Å²) in [5, 5.41) is 13.7. The zero-order valence-corrected chi connectivity index (χ0v) is 17.3. The van der Waals surface area contributed by atoms with Crippen molar-refractivity contribution in [3.05, 3.63) is 58.6 Å². The van der Waals surface area contributed by atoms with Crippen LogP contribution in [-0.2, 0) is 14.8 Å². The molecular weight excluding hydrogens is 398 g/mol. The summed E-state index contributed by atoms with van der Waals surface area (Å²) in [5.74, 6) is -0.0345. The molecular formula is C19H23N3O6S. The summed E-state index contributed by atoms with van der Waals surface area (Å²) >= 11 is 0. The second-order valence-electron chi connectivity index (χ2n) is 6.70. The first-order chi connectivity index (χ1) is 13.5. The number of nitrogens with one attached hydrogen (secondary N) is 1. The van der Waals surface area contributed by atoms with Crippen molar-refractivity contribution in [3.63, 3.8) is 0 Å². The lowest BCUT2D eigenvalue weighted by atomic mass is 10.2. The van der Waals surface area contributed by atoms with Crippen molar-refractivity contribution < 1.29 is 22.9 Å². The largest absolute Gasteiger partial charge is 0.491 e. The molecule has 0 saturated heterocycles. The van der Waals surface area contributed by atoms with E-state index in [0.717, 1.165) is 16.6 Å². The highest BCUT2D eigenvalue weighted by Crippen LogP contribution is 2.26. The minimum Gasteiger partial charge on any atom is -0.491 e. The molecule has 0 aliphatic carbocycles. The number of benzene rings is 2. The first-order valence-corrected chi connectivity index (χ1v) is 10.7. The number of nitro benzene ring substituents is 1. The van der Waals surface area contributed by atoms with E-state index < -0.39 is 26.9 Å². The van der Waals surface area contributed by atoms with Crippen LogP contribution in [0.25, 0.3) is 0 Å². The molecule has 29 heavy (non-hydrogen) atoms. The zero-order valence-electron chi connectivity index (χ0n) is 16.5. The summed E-state index contributed by atoms with van der Waals surface area (Å²) in [5.41, 5.74) is 0.191. The van der Waals surface area contributed by atoms with E-state index in [0.29, 0.717) is 11.4 Å². The smallest absolute Gasteiger partial charge is 0.271 e. The summed E-state index contributed by atoms with van der Waals surface area (Å²) in [6.07, 6.45) is 0.890. The van der Waals surface area contributed by atoms with Gasteiger partial charge in [0.15, 0.2) is 0 Å². The van der Waals surface area contributed by atoms with Gasteiger partial charge in [0.2, 0.25) is 15.9 Å². The van der Waals surface area contributed by atoms with Crippen molar-refractivity contribution in [1.29, 1.82) is 0 Å². The molecule has 0 bridgehead atoms. The summed E-state index contributed by atoms with van der Waals surface area (Å²) in [4.78, 5) is 23.1. The number of rotatable bonds is 8. The molecule has 1 amide bonds. The van der Waals surface area contributed by atoms with Crippen LogP contribution in [0.5, 0.6) is 5.75 Å². The quantitative estimate of drug-likeness (QED) is 0.516. The van der Waals surface area contributed by atoms with Gasteiger partial charge in [-0.2, -0.15) is 0 Å². The van der Waals surface area contributed by atoms with Crippen LogP contribution >= 0.6 is 0 Å².